The fraction of sp³-hybridized carbons (Fsp3) is 0.310. The molecule has 0 spiro atoms. The highest BCUT2D eigenvalue weighted by molar-refractivity contribution is 7.92. The summed E-state index contributed by atoms with van der Waals surface area (Å²) in [7, 11) is 1.92. The Labute approximate surface area is 235 Å². The van der Waals surface area contributed by atoms with Gasteiger partial charge >= 0.3 is 0 Å². The summed E-state index contributed by atoms with van der Waals surface area (Å²) in [5, 5.41) is 8.00. The van der Waals surface area contributed by atoms with E-state index in [0.717, 1.165) is 70.6 Å². The Kier molecular flexibility index (Phi) is 6.62. The van der Waals surface area contributed by atoms with Gasteiger partial charge in [-0.05, 0) is 28.4 Å². The first-order valence-corrected chi connectivity index (χ1v) is 14.8. The third kappa shape index (κ3) is 5.03. The number of fused-ring (bicyclic) bond motifs is 3. The number of likely N-dealkylation sites (tertiary alicyclic amines) is 1. The molecule has 10 nitrogen and oxygen atoms in total. The predicted octanol–water partition coefficient (Wildman–Crippen LogP) is 3.39. The van der Waals surface area contributed by atoms with Crippen LogP contribution in [-0.4, -0.2) is 75.3 Å². The van der Waals surface area contributed by atoms with E-state index in [1.165, 1.54) is 0 Å². The minimum atomic E-state index is -0.630. The molecule has 5 aromatic rings. The number of aromatic nitrogens is 6. The van der Waals surface area contributed by atoms with E-state index in [9.17, 15) is 4.55 Å². The number of nitrogens with zero attached hydrogens (tertiary/aromatic N) is 7. The fourth-order valence-corrected chi connectivity index (χ4v) is 7.39. The van der Waals surface area contributed by atoms with Crippen molar-refractivity contribution in [2.45, 2.75) is 24.3 Å². The molecule has 2 fully saturated rings. The molecule has 1 aromatic carbocycles. The summed E-state index contributed by atoms with van der Waals surface area (Å²) < 4.78 is 21.7. The average Bonchev–Trinajstić information content (AvgIpc) is 3.76. The molecular formula is C29H30N8O2S. The molecule has 0 saturated carbocycles. The zero-order chi connectivity index (χ0) is 27.1. The highest BCUT2D eigenvalue weighted by Gasteiger charge is 2.47. The Hall–Kier alpha value is -3.93. The van der Waals surface area contributed by atoms with Crippen molar-refractivity contribution in [3.05, 3.63) is 79.1 Å². The van der Waals surface area contributed by atoms with Crippen LogP contribution < -0.4 is 10.1 Å². The monoisotopic (exact) mass is 554 g/mol. The summed E-state index contributed by atoms with van der Waals surface area (Å²) in [5.41, 5.74) is 5.86. The van der Waals surface area contributed by atoms with Gasteiger partial charge in [-0.3, -0.25) is 14.0 Å². The van der Waals surface area contributed by atoms with Crippen molar-refractivity contribution in [2.24, 2.45) is 7.05 Å². The Morgan fingerprint density at radius 3 is 2.75 bits per heavy atom. The molecule has 40 heavy (non-hydrogen) atoms. The van der Waals surface area contributed by atoms with Crippen LogP contribution in [0.1, 0.15) is 12.0 Å². The van der Waals surface area contributed by atoms with E-state index in [2.05, 4.69) is 54.5 Å². The lowest BCUT2D eigenvalue weighted by Crippen LogP contribution is -2.42. The number of aryl methyl sites for hydroxylation is 1. The fourth-order valence-electron chi connectivity index (χ4n) is 5.60. The Morgan fingerprint density at radius 2 is 1.98 bits per heavy atom. The Bertz CT molecular complexity index is 1630. The third-order valence-corrected chi connectivity index (χ3v) is 9.54. The number of benzene rings is 1. The zero-order valence-corrected chi connectivity index (χ0v) is 23.0. The Balaban J connectivity index is 0.978. The number of imidazole rings is 1. The summed E-state index contributed by atoms with van der Waals surface area (Å²) in [6, 6.07) is 14.7. The number of hydrogen-bond acceptors (Lipinski definition) is 8. The lowest BCUT2D eigenvalue weighted by molar-refractivity contribution is 0.203. The number of nitrogens with one attached hydrogen (secondary N) is 1. The van der Waals surface area contributed by atoms with Crippen molar-refractivity contribution < 1.29 is 9.29 Å². The van der Waals surface area contributed by atoms with Crippen LogP contribution in [0, 0.1) is 0 Å². The van der Waals surface area contributed by atoms with Crippen LogP contribution >= 0.6 is 0 Å². The van der Waals surface area contributed by atoms with Gasteiger partial charge in [0.15, 0.2) is 0 Å². The maximum atomic E-state index is 11.9. The summed E-state index contributed by atoms with van der Waals surface area (Å²) in [4.78, 5) is 15.9. The molecule has 2 bridgehead atoms. The van der Waals surface area contributed by atoms with Crippen molar-refractivity contribution in [2.75, 3.05) is 30.8 Å². The SMILES string of the molecule is Cn1cc(-c2ccc(CNc3cc(-c4cnc5cc(OCCN6CC7CC6C[S+]7[O-])ccn45)ncn3)cc2)cn1. The van der Waals surface area contributed by atoms with E-state index >= 15 is 0 Å². The minimum Gasteiger partial charge on any atom is -0.616 e. The van der Waals surface area contributed by atoms with E-state index in [1.807, 2.05) is 54.4 Å². The lowest BCUT2D eigenvalue weighted by atomic mass is 10.1. The quantitative estimate of drug-likeness (QED) is 0.276. The van der Waals surface area contributed by atoms with Gasteiger partial charge in [-0.15, -0.1) is 0 Å². The molecule has 1 N–H and O–H groups in total. The smallest absolute Gasteiger partial charge is 0.140 e. The molecule has 3 unspecified atom stereocenters. The maximum absolute atomic E-state index is 11.9. The van der Waals surface area contributed by atoms with Gasteiger partial charge in [0, 0.05) is 63.2 Å². The average molecular weight is 555 g/mol. The molecule has 2 saturated heterocycles. The van der Waals surface area contributed by atoms with Crippen LogP contribution in [0.4, 0.5) is 5.82 Å². The van der Waals surface area contributed by atoms with Crippen molar-refractivity contribution in [1.82, 2.24) is 34.0 Å². The molecule has 0 amide bonds. The molecule has 0 aliphatic carbocycles. The molecule has 2 aliphatic rings. The van der Waals surface area contributed by atoms with Crippen LogP contribution in [-0.2, 0) is 24.8 Å². The lowest BCUT2D eigenvalue weighted by Gasteiger charge is -2.27. The second-order valence-electron chi connectivity index (χ2n) is 10.4. The van der Waals surface area contributed by atoms with Crippen molar-refractivity contribution >= 4 is 22.6 Å². The summed E-state index contributed by atoms with van der Waals surface area (Å²) in [6.45, 7) is 3.03. The van der Waals surface area contributed by atoms with Crippen LogP contribution in [0.5, 0.6) is 5.75 Å². The second-order valence-corrected chi connectivity index (χ2v) is 12.1. The largest absolute Gasteiger partial charge is 0.616 e. The molecule has 204 valence electrons. The van der Waals surface area contributed by atoms with Crippen molar-refractivity contribution in [3.8, 4) is 28.3 Å². The number of pyridine rings is 1. The van der Waals surface area contributed by atoms with Crippen LogP contribution in [0.15, 0.2) is 73.6 Å². The van der Waals surface area contributed by atoms with Gasteiger partial charge in [-0.2, -0.15) is 5.10 Å². The van der Waals surface area contributed by atoms with Crippen molar-refractivity contribution in [1.29, 1.82) is 0 Å². The number of hydrogen-bond donors (Lipinski definition) is 1. The Morgan fingerprint density at radius 1 is 1.07 bits per heavy atom. The topological polar surface area (TPSA) is 108 Å². The van der Waals surface area contributed by atoms with Gasteiger partial charge in [-0.1, -0.05) is 24.3 Å². The van der Waals surface area contributed by atoms with Crippen LogP contribution in [0.2, 0.25) is 0 Å². The standard InChI is InChI=1S/C29H30N8O2S/c1-35-16-22(14-34-35)21-4-2-20(3-5-21)13-30-28-12-26(32-19-33-28)27-15-31-29-11-24(6-7-37(27)29)39-9-8-36-17-25-10-23(36)18-40(25)38/h2-7,11-12,14-16,19,23,25H,8-10,13,17-18H2,1H3,(H,30,32,33). The molecule has 2 aliphatic heterocycles. The molecular weight excluding hydrogens is 524 g/mol. The number of ether oxygens (including phenoxy) is 1. The van der Waals surface area contributed by atoms with Gasteiger partial charge in [0.2, 0.25) is 0 Å². The third-order valence-electron chi connectivity index (χ3n) is 7.75. The van der Waals surface area contributed by atoms with Gasteiger partial charge in [0.05, 0.1) is 29.8 Å². The summed E-state index contributed by atoms with van der Waals surface area (Å²) in [5.74, 6) is 2.35. The normalized spacial score (nSPS) is 20.4. The first-order valence-electron chi connectivity index (χ1n) is 13.4. The predicted molar refractivity (Wildman–Crippen MR) is 154 cm³/mol. The molecule has 3 atom stereocenters. The van der Waals surface area contributed by atoms with Crippen LogP contribution in [0.3, 0.4) is 0 Å². The second kappa shape index (κ2) is 10.6. The molecule has 6 heterocycles. The molecule has 4 aromatic heterocycles. The van der Waals surface area contributed by atoms with E-state index in [1.54, 1.807) is 11.0 Å². The zero-order valence-electron chi connectivity index (χ0n) is 22.2. The van der Waals surface area contributed by atoms with Crippen LogP contribution in [0.25, 0.3) is 28.2 Å². The highest BCUT2D eigenvalue weighted by Crippen LogP contribution is 2.32. The van der Waals surface area contributed by atoms with E-state index in [4.69, 9.17) is 4.74 Å². The van der Waals surface area contributed by atoms with E-state index < -0.39 is 11.2 Å². The maximum Gasteiger partial charge on any atom is 0.140 e. The number of rotatable bonds is 9. The van der Waals surface area contributed by atoms with Crippen molar-refractivity contribution in [3.63, 3.8) is 0 Å². The van der Waals surface area contributed by atoms with Gasteiger partial charge < -0.3 is 14.6 Å². The summed E-state index contributed by atoms with van der Waals surface area (Å²) >= 11 is -0.630. The first-order chi connectivity index (χ1) is 19.6. The number of anilines is 1. The highest BCUT2D eigenvalue weighted by atomic mass is 32.2. The van der Waals surface area contributed by atoms with E-state index in [0.29, 0.717) is 24.4 Å². The van der Waals surface area contributed by atoms with E-state index in [-0.39, 0.29) is 0 Å². The van der Waals surface area contributed by atoms with Gasteiger partial charge in [0.1, 0.15) is 41.2 Å². The molecule has 0 radical (unpaired) electrons. The van der Waals surface area contributed by atoms with Gasteiger partial charge in [-0.25, -0.2) is 15.0 Å². The summed E-state index contributed by atoms with van der Waals surface area (Å²) in [6.07, 6.45) is 10.3. The minimum absolute atomic E-state index is 0.353. The first kappa shape index (κ1) is 25.1. The van der Waals surface area contributed by atoms with Gasteiger partial charge in [0.25, 0.3) is 0 Å². The molecule has 7 rings (SSSR count). The molecule has 11 heteroatoms.